The first kappa shape index (κ1) is 9.47. The minimum Gasteiger partial charge on any atom is -0.384 e. The highest BCUT2D eigenvalue weighted by molar-refractivity contribution is 5.67. The van der Waals surface area contributed by atoms with Crippen LogP contribution in [0.3, 0.4) is 0 Å². The van der Waals surface area contributed by atoms with E-state index in [1.807, 2.05) is 0 Å². The molecular formula is C13H16O. The van der Waals surface area contributed by atoms with Crippen molar-refractivity contribution < 1.29 is 4.74 Å². The molecule has 1 atom stereocenters. The van der Waals surface area contributed by atoms with Gasteiger partial charge in [0.1, 0.15) is 0 Å². The van der Waals surface area contributed by atoms with Crippen molar-refractivity contribution in [1.29, 1.82) is 0 Å². The van der Waals surface area contributed by atoms with E-state index in [2.05, 4.69) is 38.1 Å². The molecule has 14 heavy (non-hydrogen) atoms. The monoisotopic (exact) mass is 188 g/mol. The predicted molar refractivity (Wildman–Crippen MR) is 59.4 cm³/mol. The summed E-state index contributed by atoms with van der Waals surface area (Å²) in [5.74, 6) is 0.469. The lowest BCUT2D eigenvalue weighted by Crippen LogP contribution is -2.06. The molecule has 0 amide bonds. The molecule has 1 aromatic rings. The van der Waals surface area contributed by atoms with Gasteiger partial charge < -0.3 is 4.74 Å². The average molecular weight is 188 g/mol. The first-order chi connectivity index (χ1) is 6.74. The highest BCUT2D eigenvalue weighted by atomic mass is 16.5. The van der Waals surface area contributed by atoms with Gasteiger partial charge in [-0.2, -0.15) is 0 Å². The molecule has 1 aliphatic carbocycles. The van der Waals surface area contributed by atoms with Gasteiger partial charge in [-0.1, -0.05) is 29.8 Å². The minimum absolute atomic E-state index is 0.469. The van der Waals surface area contributed by atoms with E-state index >= 15 is 0 Å². The summed E-state index contributed by atoms with van der Waals surface area (Å²) in [5.41, 5.74) is 5.60. The fourth-order valence-electron chi connectivity index (χ4n) is 2.26. The van der Waals surface area contributed by atoms with Gasteiger partial charge in [0.2, 0.25) is 0 Å². The molecule has 1 aromatic carbocycles. The summed E-state index contributed by atoms with van der Waals surface area (Å²) < 4.78 is 5.27. The lowest BCUT2D eigenvalue weighted by atomic mass is 9.93. The summed E-state index contributed by atoms with van der Waals surface area (Å²) in [6, 6.07) is 6.47. The maximum absolute atomic E-state index is 5.27. The van der Waals surface area contributed by atoms with Crippen LogP contribution < -0.4 is 0 Å². The van der Waals surface area contributed by atoms with Crippen LogP contribution in [0.4, 0.5) is 0 Å². The van der Waals surface area contributed by atoms with Crippen LogP contribution in [0.1, 0.15) is 29.5 Å². The van der Waals surface area contributed by atoms with Crippen molar-refractivity contribution >= 4 is 6.08 Å². The van der Waals surface area contributed by atoms with Crippen molar-refractivity contribution in [2.45, 2.75) is 19.8 Å². The molecule has 1 heteroatoms. The summed E-state index contributed by atoms with van der Waals surface area (Å²) >= 11 is 0. The topological polar surface area (TPSA) is 9.23 Å². The number of ether oxygens (including phenoxy) is 1. The molecule has 2 rings (SSSR count). The predicted octanol–water partition coefficient (Wildman–Crippen LogP) is 3.14. The van der Waals surface area contributed by atoms with Crippen molar-refractivity contribution in [2.24, 2.45) is 0 Å². The van der Waals surface area contributed by atoms with Crippen molar-refractivity contribution in [2.75, 3.05) is 13.7 Å². The molecule has 0 radical (unpaired) electrons. The van der Waals surface area contributed by atoms with Gasteiger partial charge in [-0.15, -0.1) is 0 Å². The summed E-state index contributed by atoms with van der Waals surface area (Å²) in [6.45, 7) is 5.15. The molecule has 1 unspecified atom stereocenters. The van der Waals surface area contributed by atoms with E-state index in [-0.39, 0.29) is 0 Å². The third kappa shape index (κ3) is 1.38. The fraction of sp³-hybridized carbons (Fsp3) is 0.385. The molecule has 1 nitrogen and oxygen atoms in total. The summed E-state index contributed by atoms with van der Waals surface area (Å²) in [4.78, 5) is 0. The van der Waals surface area contributed by atoms with Gasteiger partial charge in [0.15, 0.2) is 0 Å². The van der Waals surface area contributed by atoms with Crippen molar-refractivity contribution in [3.05, 3.63) is 40.5 Å². The van der Waals surface area contributed by atoms with E-state index in [1.54, 1.807) is 7.11 Å². The van der Waals surface area contributed by atoms with Crippen molar-refractivity contribution in [1.82, 2.24) is 0 Å². The number of hydrogen-bond acceptors (Lipinski definition) is 1. The SMILES string of the molecule is COCC1C(C)=Cc2cccc(C)c21. The second kappa shape index (κ2) is 3.58. The van der Waals surface area contributed by atoms with E-state index in [1.165, 1.54) is 22.3 Å². The zero-order valence-electron chi connectivity index (χ0n) is 9.00. The smallest absolute Gasteiger partial charge is 0.0568 e. The number of fused-ring (bicyclic) bond motifs is 1. The molecule has 0 aromatic heterocycles. The molecule has 0 saturated carbocycles. The Morgan fingerprint density at radius 3 is 2.79 bits per heavy atom. The molecule has 0 aliphatic heterocycles. The molecule has 0 spiro atoms. The average Bonchev–Trinajstić information content (AvgIpc) is 2.45. The van der Waals surface area contributed by atoms with Crippen molar-refractivity contribution in [3.8, 4) is 0 Å². The number of aryl methyl sites for hydroxylation is 1. The molecule has 1 aliphatic rings. The Labute approximate surface area is 85.4 Å². The number of hydrogen-bond donors (Lipinski definition) is 0. The van der Waals surface area contributed by atoms with Crippen LogP contribution in [-0.2, 0) is 4.74 Å². The van der Waals surface area contributed by atoms with E-state index in [0.717, 1.165) is 6.61 Å². The first-order valence-corrected chi connectivity index (χ1v) is 5.00. The normalized spacial score (nSPS) is 19.4. The van der Waals surface area contributed by atoms with Gasteiger partial charge in [0.05, 0.1) is 6.61 Å². The molecule has 0 bridgehead atoms. The molecular weight excluding hydrogens is 172 g/mol. The van der Waals surface area contributed by atoms with Gasteiger partial charge in [-0.25, -0.2) is 0 Å². The molecule has 0 saturated heterocycles. The Bertz CT molecular complexity index is 377. The first-order valence-electron chi connectivity index (χ1n) is 5.00. The van der Waals surface area contributed by atoms with Crippen LogP contribution in [0, 0.1) is 6.92 Å². The highest BCUT2D eigenvalue weighted by Gasteiger charge is 2.23. The lowest BCUT2D eigenvalue weighted by Gasteiger charge is -2.15. The van der Waals surface area contributed by atoms with E-state index < -0.39 is 0 Å². The second-order valence-corrected chi connectivity index (χ2v) is 3.97. The van der Waals surface area contributed by atoms with Crippen molar-refractivity contribution in [3.63, 3.8) is 0 Å². The van der Waals surface area contributed by atoms with Crippen LogP contribution in [0.25, 0.3) is 6.08 Å². The zero-order chi connectivity index (χ0) is 10.1. The van der Waals surface area contributed by atoms with Gasteiger partial charge >= 0.3 is 0 Å². The van der Waals surface area contributed by atoms with Crippen LogP contribution in [-0.4, -0.2) is 13.7 Å². The maximum atomic E-state index is 5.27. The lowest BCUT2D eigenvalue weighted by molar-refractivity contribution is 0.189. The van der Waals surface area contributed by atoms with Gasteiger partial charge in [-0.3, -0.25) is 0 Å². The number of rotatable bonds is 2. The van der Waals surface area contributed by atoms with E-state index in [0.29, 0.717) is 5.92 Å². The Kier molecular flexibility index (Phi) is 2.42. The van der Waals surface area contributed by atoms with Crippen LogP contribution in [0.2, 0.25) is 0 Å². The largest absolute Gasteiger partial charge is 0.384 e. The van der Waals surface area contributed by atoms with Crippen LogP contribution >= 0.6 is 0 Å². The Morgan fingerprint density at radius 2 is 2.07 bits per heavy atom. The third-order valence-corrected chi connectivity index (χ3v) is 2.97. The minimum atomic E-state index is 0.469. The summed E-state index contributed by atoms with van der Waals surface area (Å²) in [7, 11) is 1.77. The Balaban J connectivity index is 2.45. The zero-order valence-corrected chi connectivity index (χ0v) is 9.00. The van der Waals surface area contributed by atoms with Gasteiger partial charge in [0, 0.05) is 13.0 Å². The highest BCUT2D eigenvalue weighted by Crippen LogP contribution is 2.37. The van der Waals surface area contributed by atoms with Gasteiger partial charge in [-0.05, 0) is 30.5 Å². The molecule has 0 heterocycles. The maximum Gasteiger partial charge on any atom is 0.0568 e. The third-order valence-electron chi connectivity index (χ3n) is 2.97. The standard InChI is InChI=1S/C13H16O/c1-9-5-4-6-11-7-10(2)12(8-14-3)13(9)11/h4-7,12H,8H2,1-3H3. The van der Waals surface area contributed by atoms with Crippen LogP contribution in [0.15, 0.2) is 23.8 Å². The molecule has 0 fully saturated rings. The number of methoxy groups -OCH3 is 1. The van der Waals surface area contributed by atoms with Gasteiger partial charge in [0.25, 0.3) is 0 Å². The summed E-state index contributed by atoms with van der Waals surface area (Å²) in [5, 5.41) is 0. The second-order valence-electron chi connectivity index (χ2n) is 3.97. The van der Waals surface area contributed by atoms with E-state index in [9.17, 15) is 0 Å². The number of benzene rings is 1. The quantitative estimate of drug-likeness (QED) is 0.692. The Morgan fingerprint density at radius 1 is 1.29 bits per heavy atom. The van der Waals surface area contributed by atoms with Crippen LogP contribution in [0.5, 0.6) is 0 Å². The fourth-order valence-corrected chi connectivity index (χ4v) is 2.26. The summed E-state index contributed by atoms with van der Waals surface area (Å²) in [6.07, 6.45) is 2.27. The van der Waals surface area contributed by atoms with E-state index in [4.69, 9.17) is 4.74 Å². The molecule has 0 N–H and O–H groups in total. The Hall–Kier alpha value is -1.08. The molecule has 74 valence electrons.